The van der Waals surface area contributed by atoms with E-state index in [4.69, 9.17) is 14.0 Å². The molecule has 1 atom stereocenters. The highest BCUT2D eigenvalue weighted by Crippen LogP contribution is 2.34. The van der Waals surface area contributed by atoms with Crippen molar-refractivity contribution in [2.24, 2.45) is 0 Å². The van der Waals surface area contributed by atoms with Crippen molar-refractivity contribution in [2.75, 3.05) is 0 Å². The zero-order chi connectivity index (χ0) is 20.5. The Morgan fingerprint density at radius 1 is 1.10 bits per heavy atom. The molecule has 0 fully saturated rings. The van der Waals surface area contributed by atoms with Crippen LogP contribution in [0.5, 0.6) is 11.5 Å². The SMILES string of the molecule is C[C@@]1(c2ccc(OC(F)(F)F)cc2)C=C(Oc2cncc(-c3nnco3)c2)NO1. The van der Waals surface area contributed by atoms with Crippen LogP contribution in [0.15, 0.2) is 65.5 Å². The molecule has 3 aromatic rings. The minimum atomic E-state index is -4.75. The summed E-state index contributed by atoms with van der Waals surface area (Å²) in [6.45, 7) is 1.73. The lowest BCUT2D eigenvalue weighted by atomic mass is 9.96. The zero-order valence-corrected chi connectivity index (χ0v) is 14.8. The highest BCUT2D eigenvalue weighted by molar-refractivity contribution is 5.53. The molecule has 3 heterocycles. The van der Waals surface area contributed by atoms with E-state index in [1.165, 1.54) is 36.9 Å². The predicted molar refractivity (Wildman–Crippen MR) is 90.9 cm³/mol. The third kappa shape index (κ3) is 4.29. The van der Waals surface area contributed by atoms with E-state index in [1.54, 1.807) is 25.3 Å². The number of aromatic nitrogens is 3. The second kappa shape index (κ2) is 7.09. The van der Waals surface area contributed by atoms with Crippen LogP contribution in [0.4, 0.5) is 13.2 Å². The first-order valence-corrected chi connectivity index (χ1v) is 8.23. The Morgan fingerprint density at radius 2 is 1.90 bits per heavy atom. The van der Waals surface area contributed by atoms with Gasteiger partial charge in [0.1, 0.15) is 17.1 Å². The monoisotopic (exact) mass is 406 g/mol. The van der Waals surface area contributed by atoms with Crippen LogP contribution in [-0.2, 0) is 10.4 Å². The molecule has 0 radical (unpaired) electrons. The van der Waals surface area contributed by atoms with Gasteiger partial charge in [-0.3, -0.25) is 9.82 Å². The van der Waals surface area contributed by atoms with Gasteiger partial charge in [0.15, 0.2) is 0 Å². The molecule has 1 aliphatic heterocycles. The Kier molecular flexibility index (Phi) is 4.59. The highest BCUT2D eigenvalue weighted by Gasteiger charge is 2.34. The Morgan fingerprint density at radius 3 is 2.59 bits per heavy atom. The highest BCUT2D eigenvalue weighted by atomic mass is 19.4. The van der Waals surface area contributed by atoms with Crippen molar-refractivity contribution in [3.8, 4) is 23.0 Å². The third-order valence-corrected chi connectivity index (χ3v) is 3.98. The van der Waals surface area contributed by atoms with Crippen LogP contribution in [0.2, 0.25) is 0 Å². The Balaban J connectivity index is 1.49. The smallest absolute Gasteiger partial charge is 0.438 e. The topological polar surface area (TPSA) is 91.5 Å². The van der Waals surface area contributed by atoms with Crippen molar-refractivity contribution < 1.29 is 31.9 Å². The number of ether oxygens (including phenoxy) is 2. The predicted octanol–water partition coefficient (Wildman–Crippen LogP) is 3.70. The van der Waals surface area contributed by atoms with E-state index in [1.807, 2.05) is 0 Å². The van der Waals surface area contributed by atoms with Crippen LogP contribution in [-0.4, -0.2) is 21.5 Å². The van der Waals surface area contributed by atoms with Crippen molar-refractivity contribution in [1.29, 1.82) is 0 Å². The van der Waals surface area contributed by atoms with Crippen LogP contribution in [0.3, 0.4) is 0 Å². The molecular formula is C18H13F3N4O4. The molecule has 11 heteroatoms. The maximum atomic E-state index is 12.3. The molecule has 1 N–H and O–H groups in total. The van der Waals surface area contributed by atoms with Gasteiger partial charge in [-0.15, -0.1) is 23.4 Å². The lowest BCUT2D eigenvalue weighted by molar-refractivity contribution is -0.274. The van der Waals surface area contributed by atoms with Crippen LogP contribution in [0, 0.1) is 0 Å². The summed E-state index contributed by atoms with van der Waals surface area (Å²) >= 11 is 0. The van der Waals surface area contributed by atoms with Gasteiger partial charge in [0.05, 0.1) is 11.8 Å². The van der Waals surface area contributed by atoms with Gasteiger partial charge in [-0.25, -0.2) is 5.48 Å². The number of halogens is 3. The van der Waals surface area contributed by atoms with Gasteiger partial charge >= 0.3 is 6.36 Å². The number of alkyl halides is 3. The van der Waals surface area contributed by atoms with E-state index in [0.29, 0.717) is 22.8 Å². The van der Waals surface area contributed by atoms with Crippen molar-refractivity contribution >= 4 is 0 Å². The average Bonchev–Trinajstić information content (AvgIpc) is 3.32. The summed E-state index contributed by atoms with van der Waals surface area (Å²) in [4.78, 5) is 9.62. The normalized spacial score (nSPS) is 18.8. The summed E-state index contributed by atoms with van der Waals surface area (Å²) in [5.41, 5.74) is 2.85. The number of benzene rings is 1. The van der Waals surface area contributed by atoms with Crippen molar-refractivity contribution in [1.82, 2.24) is 20.7 Å². The average molecular weight is 406 g/mol. The first-order valence-electron chi connectivity index (χ1n) is 8.23. The maximum absolute atomic E-state index is 12.3. The molecule has 0 amide bonds. The lowest BCUT2D eigenvalue weighted by Crippen LogP contribution is -2.23. The summed E-state index contributed by atoms with van der Waals surface area (Å²) in [7, 11) is 0. The van der Waals surface area contributed by atoms with Crippen LogP contribution in [0.1, 0.15) is 12.5 Å². The van der Waals surface area contributed by atoms with E-state index >= 15 is 0 Å². The molecule has 0 saturated carbocycles. The quantitative estimate of drug-likeness (QED) is 0.686. The molecule has 0 spiro atoms. The number of rotatable bonds is 5. The number of nitrogens with one attached hydrogen (secondary N) is 1. The molecular weight excluding hydrogens is 393 g/mol. The molecule has 150 valence electrons. The van der Waals surface area contributed by atoms with Crippen LogP contribution in [0.25, 0.3) is 11.5 Å². The summed E-state index contributed by atoms with van der Waals surface area (Å²) in [6.07, 6.45) is 1.13. The number of nitrogens with zero attached hydrogens (tertiary/aromatic N) is 3. The number of hydrogen-bond donors (Lipinski definition) is 1. The minimum absolute atomic E-state index is 0.285. The van der Waals surface area contributed by atoms with Gasteiger partial charge in [-0.1, -0.05) is 12.1 Å². The van der Waals surface area contributed by atoms with Gasteiger partial charge in [-0.2, -0.15) is 0 Å². The van der Waals surface area contributed by atoms with Gasteiger partial charge in [0.2, 0.25) is 18.2 Å². The van der Waals surface area contributed by atoms with E-state index < -0.39 is 12.0 Å². The number of hydrogen-bond acceptors (Lipinski definition) is 8. The Labute approximate surface area is 161 Å². The molecule has 0 bridgehead atoms. The molecule has 4 rings (SSSR count). The molecule has 0 saturated heterocycles. The first kappa shape index (κ1) is 18.7. The van der Waals surface area contributed by atoms with Crippen LogP contribution >= 0.6 is 0 Å². The first-order chi connectivity index (χ1) is 13.8. The number of hydroxylamine groups is 1. The number of pyridine rings is 1. The molecule has 8 nitrogen and oxygen atoms in total. The van der Waals surface area contributed by atoms with Gasteiger partial charge in [0.25, 0.3) is 0 Å². The zero-order valence-electron chi connectivity index (χ0n) is 14.8. The van der Waals surface area contributed by atoms with Crippen molar-refractivity contribution in [3.05, 3.63) is 66.6 Å². The fourth-order valence-corrected chi connectivity index (χ4v) is 2.66. The van der Waals surface area contributed by atoms with Gasteiger partial charge in [0, 0.05) is 12.3 Å². The molecule has 29 heavy (non-hydrogen) atoms. The lowest BCUT2D eigenvalue weighted by Gasteiger charge is -2.20. The molecule has 0 aliphatic carbocycles. The maximum Gasteiger partial charge on any atom is 0.573 e. The Bertz CT molecular complexity index is 1020. The minimum Gasteiger partial charge on any atom is -0.438 e. The molecule has 2 aromatic heterocycles. The van der Waals surface area contributed by atoms with Crippen molar-refractivity contribution in [3.63, 3.8) is 0 Å². The Hall–Kier alpha value is -3.60. The fourth-order valence-electron chi connectivity index (χ4n) is 2.66. The van der Waals surface area contributed by atoms with E-state index in [0.717, 1.165) is 0 Å². The largest absolute Gasteiger partial charge is 0.573 e. The second-order valence-electron chi connectivity index (χ2n) is 6.15. The summed E-state index contributed by atoms with van der Waals surface area (Å²) in [6, 6.07) is 7.02. The van der Waals surface area contributed by atoms with E-state index in [9.17, 15) is 13.2 Å². The summed E-state index contributed by atoms with van der Waals surface area (Å²) in [5, 5.41) is 7.41. The second-order valence-corrected chi connectivity index (χ2v) is 6.15. The third-order valence-electron chi connectivity index (χ3n) is 3.98. The van der Waals surface area contributed by atoms with E-state index in [-0.39, 0.29) is 11.6 Å². The van der Waals surface area contributed by atoms with Gasteiger partial charge < -0.3 is 13.9 Å². The molecule has 1 aromatic carbocycles. The summed E-state index contributed by atoms with van der Waals surface area (Å²) < 4.78 is 51.6. The van der Waals surface area contributed by atoms with Crippen LogP contribution < -0.4 is 15.0 Å². The molecule has 0 unspecified atom stereocenters. The fraction of sp³-hybridized carbons (Fsp3) is 0.167. The standard InChI is InChI=1S/C18H13F3N4O4/c1-17(12-2-4-13(5-3-12)28-18(19,20)21)7-15(25-29-17)27-14-6-11(8-22-9-14)16-24-23-10-26-16/h2-10,25H,1H3/t17-/m0/s1. The molecule has 1 aliphatic rings. The van der Waals surface area contributed by atoms with E-state index in [2.05, 4.69) is 25.4 Å². The summed E-state index contributed by atoms with van der Waals surface area (Å²) in [5.74, 6) is 0.646. The van der Waals surface area contributed by atoms with Crippen molar-refractivity contribution in [2.45, 2.75) is 18.9 Å². The van der Waals surface area contributed by atoms with Gasteiger partial charge in [-0.05, 0) is 30.7 Å².